The third-order valence-corrected chi connectivity index (χ3v) is 9.99. The molecule has 3 aliphatic rings. The first kappa shape index (κ1) is 43.4. The number of rotatable bonds is 5. The Hall–Kier alpha value is -6.25. The third kappa shape index (κ3) is 4.99. The van der Waals surface area contributed by atoms with Crippen molar-refractivity contribution in [3.63, 3.8) is 0 Å². The third-order valence-electron chi connectivity index (χ3n) is 9.99. The molecule has 0 radical (unpaired) electrons. The van der Waals surface area contributed by atoms with Crippen LogP contribution < -0.4 is 9.31 Å². The second-order valence-corrected chi connectivity index (χ2v) is 13.1. The summed E-state index contributed by atoms with van der Waals surface area (Å²) in [5.74, 6) is -83.9. The molecule has 0 aromatic heterocycles. The van der Waals surface area contributed by atoms with Gasteiger partial charge in [0.15, 0.2) is 116 Å². The fraction of sp³-hybridized carbons (Fsp3) is 0.0857. The van der Waals surface area contributed by atoms with Crippen molar-refractivity contribution in [3.05, 3.63) is 144 Å². The van der Waals surface area contributed by atoms with E-state index < -0.39 is 208 Å². The molecule has 0 fully saturated rings. The first-order valence-corrected chi connectivity index (χ1v) is 15.9. The van der Waals surface area contributed by atoms with Gasteiger partial charge in [0, 0.05) is 27.8 Å². The van der Waals surface area contributed by atoms with Crippen LogP contribution >= 0.6 is 0 Å². The Bertz CT molecular complexity index is 2900. The van der Waals surface area contributed by atoms with Crippen LogP contribution in [0.4, 0.5) is 110 Å². The van der Waals surface area contributed by atoms with Gasteiger partial charge >= 0.3 is 19.0 Å². The molecule has 5 aromatic rings. The fourth-order valence-corrected chi connectivity index (χ4v) is 7.32. The molecule has 0 N–H and O–H groups in total. The Kier molecular flexibility index (Phi) is 9.06. The van der Waals surface area contributed by atoms with Crippen LogP contribution in [0.3, 0.4) is 0 Å². The van der Waals surface area contributed by atoms with Crippen molar-refractivity contribution < 1.29 is 119 Å². The number of alkyl halides is 5. The average molecular weight is 938 g/mol. The van der Waals surface area contributed by atoms with Crippen molar-refractivity contribution in [3.8, 4) is 33.8 Å². The van der Waals surface area contributed by atoms with E-state index in [-0.39, 0.29) is 0 Å². The van der Waals surface area contributed by atoms with E-state index in [1.165, 1.54) is 0 Å². The van der Waals surface area contributed by atoms with Gasteiger partial charge in [-0.1, -0.05) is 0 Å². The van der Waals surface area contributed by atoms with E-state index in [2.05, 4.69) is 9.31 Å². The predicted octanol–water partition coefficient (Wildman–Crippen LogP) is 12.4. The summed E-state index contributed by atoms with van der Waals surface area (Å²) in [6, 6.07) is 0. The second-order valence-electron chi connectivity index (χ2n) is 13.1. The maximum absolute atomic E-state index is 17.4. The Balaban J connectivity index is 1.49. The molecule has 0 heterocycles. The van der Waals surface area contributed by atoms with E-state index in [1.807, 2.05) is 0 Å². The molecule has 8 rings (SSSR count). The number of fused-ring (bicyclic) bond motifs is 7. The Labute approximate surface area is 327 Å². The molecular weight excluding hydrogens is 938 g/mol. The van der Waals surface area contributed by atoms with Gasteiger partial charge in [-0.15, -0.1) is 0 Å². The van der Waals surface area contributed by atoms with Crippen LogP contribution in [0.1, 0.15) is 33.4 Å². The molecule has 330 valence electrons. The van der Waals surface area contributed by atoms with Crippen LogP contribution in [0.15, 0.2) is 5.83 Å². The van der Waals surface area contributed by atoms with Crippen LogP contribution in [0.25, 0.3) is 28.1 Å². The highest BCUT2D eigenvalue weighted by Crippen LogP contribution is 2.62. The monoisotopic (exact) mass is 938 g/mol. The van der Waals surface area contributed by atoms with E-state index in [0.717, 1.165) is 0 Å². The summed E-state index contributed by atoms with van der Waals surface area (Å²) in [6.07, 6.45) is 0. The number of benzene rings is 5. The van der Waals surface area contributed by atoms with Crippen LogP contribution in [0.5, 0.6) is 11.5 Å². The lowest BCUT2D eigenvalue weighted by atomic mass is 9.64. The molecule has 28 heteroatoms. The zero-order valence-corrected chi connectivity index (χ0v) is 28.3. The first-order valence-electron chi connectivity index (χ1n) is 15.9. The molecule has 1 atom stereocenters. The molecule has 63 heavy (non-hydrogen) atoms. The van der Waals surface area contributed by atoms with Crippen LogP contribution in [-0.4, -0.2) is 7.12 Å². The van der Waals surface area contributed by atoms with Crippen molar-refractivity contribution in [1.82, 2.24) is 0 Å². The molecule has 0 aliphatic heterocycles. The largest absolute Gasteiger partial charge is 0.647 e. The highest BCUT2D eigenvalue weighted by atomic mass is 19.3. The lowest BCUT2D eigenvalue weighted by Crippen LogP contribution is -2.50. The Morgan fingerprint density at radius 1 is 0.270 bits per heavy atom. The van der Waals surface area contributed by atoms with Gasteiger partial charge in [-0.2, -0.15) is 26.3 Å². The molecule has 5 aromatic carbocycles. The average Bonchev–Trinajstić information content (AvgIpc) is 3.72. The van der Waals surface area contributed by atoms with Crippen molar-refractivity contribution in [2.24, 2.45) is 0 Å². The van der Waals surface area contributed by atoms with Gasteiger partial charge in [0.1, 0.15) is 0 Å². The molecule has 0 spiro atoms. The van der Waals surface area contributed by atoms with Gasteiger partial charge in [0.2, 0.25) is 11.6 Å². The minimum absolute atomic E-state index is 2.60. The minimum Gasteiger partial charge on any atom is -0.521 e. The van der Waals surface area contributed by atoms with Crippen molar-refractivity contribution in [2.45, 2.75) is 17.4 Å². The molecule has 3 aliphatic carbocycles. The Morgan fingerprint density at radius 3 is 0.857 bits per heavy atom. The SMILES string of the molecule is FC1=C(F)C(F)(B(Oc2c(F)c(F)c(F)c3c2C(F)(F)c2c(F)c(F)c(F)c(F)c2-3)Oc2c(F)c(F)c(F)c3c2C(F)(F)c2c(F)c(F)c(F)c(F)c2-3)c2c(F)c(F)c(F)c(F)c21. The topological polar surface area (TPSA) is 18.5 Å². The number of hydrogen-bond acceptors (Lipinski definition) is 2. The summed E-state index contributed by atoms with van der Waals surface area (Å²) in [5.41, 5.74) is -34.5. The van der Waals surface area contributed by atoms with Gasteiger partial charge in [-0.05, 0) is 0 Å². The van der Waals surface area contributed by atoms with E-state index in [1.54, 1.807) is 0 Å². The number of allylic oxidation sites excluding steroid dienone is 1. The van der Waals surface area contributed by atoms with Crippen LogP contribution in [0.2, 0.25) is 0 Å². The molecular formula is C35BF25O2. The maximum Gasteiger partial charge on any atom is 0.647 e. The molecule has 0 amide bonds. The van der Waals surface area contributed by atoms with Gasteiger partial charge in [0.25, 0.3) is 5.57 Å². The van der Waals surface area contributed by atoms with E-state index in [9.17, 15) is 48.3 Å². The second kappa shape index (κ2) is 13.1. The molecule has 0 bridgehead atoms. The van der Waals surface area contributed by atoms with E-state index in [0.29, 0.717) is 0 Å². The van der Waals surface area contributed by atoms with Crippen molar-refractivity contribution in [1.29, 1.82) is 0 Å². The quantitative estimate of drug-likeness (QED) is 0.0757. The van der Waals surface area contributed by atoms with Gasteiger partial charge in [-0.25, -0.2) is 83.4 Å². The zero-order chi connectivity index (χ0) is 47.0. The van der Waals surface area contributed by atoms with Gasteiger partial charge < -0.3 is 9.31 Å². The highest BCUT2D eigenvalue weighted by Gasteiger charge is 2.68. The molecule has 0 saturated heterocycles. The zero-order valence-electron chi connectivity index (χ0n) is 28.3. The standard InChI is InChI=1S/C35BF25O2/c37-11-1-3-9(34(58,59)7(1)18(44)26(52)20(11)46)30(28(54)23(49)13(3)39)62-36(33(57)6-5(16(42)32(33)56)15(41)22(48)25(51)17(6)43)63-31-10-4(14(40)24(50)29(31)55)2-8(35(10,60)61)19(45)27(53)21(47)12(2)38. The number of halogens is 25. The van der Waals surface area contributed by atoms with Crippen molar-refractivity contribution >= 4 is 12.9 Å². The summed E-state index contributed by atoms with van der Waals surface area (Å²) in [5, 5.41) is 0. The lowest BCUT2D eigenvalue weighted by Gasteiger charge is -2.30. The van der Waals surface area contributed by atoms with Gasteiger partial charge in [-0.3, -0.25) is 0 Å². The minimum atomic E-state index is -5.97. The molecule has 1 unspecified atom stereocenters. The summed E-state index contributed by atoms with van der Waals surface area (Å²) < 4.78 is 389. The Morgan fingerprint density at radius 2 is 0.524 bits per heavy atom. The normalized spacial score (nSPS) is 17.5. The molecule has 0 saturated carbocycles. The summed E-state index contributed by atoms with van der Waals surface area (Å²) in [6.45, 7) is 0. The summed E-state index contributed by atoms with van der Waals surface area (Å²) in [4.78, 5) is 0. The smallest absolute Gasteiger partial charge is 0.521 e. The van der Waals surface area contributed by atoms with Crippen molar-refractivity contribution in [2.75, 3.05) is 0 Å². The van der Waals surface area contributed by atoms with Crippen LogP contribution in [0, 0.1) is 105 Å². The maximum atomic E-state index is 17.4. The van der Waals surface area contributed by atoms with Gasteiger partial charge in [0.05, 0.1) is 27.8 Å². The lowest BCUT2D eigenvalue weighted by molar-refractivity contribution is 0.0395. The van der Waals surface area contributed by atoms with E-state index in [4.69, 9.17) is 0 Å². The van der Waals surface area contributed by atoms with E-state index >= 15 is 61.5 Å². The predicted molar refractivity (Wildman–Crippen MR) is 154 cm³/mol. The van der Waals surface area contributed by atoms with Crippen LogP contribution in [-0.2, 0) is 17.4 Å². The summed E-state index contributed by atoms with van der Waals surface area (Å²) in [7, 11) is -5.07. The highest BCUT2D eigenvalue weighted by molar-refractivity contribution is 6.51. The first-order chi connectivity index (χ1) is 29.0. The number of hydrogen-bond donors (Lipinski definition) is 0. The molecule has 2 nitrogen and oxygen atoms in total. The fourth-order valence-electron chi connectivity index (χ4n) is 7.32. The summed E-state index contributed by atoms with van der Waals surface area (Å²) >= 11 is 0.